The SMILES string of the molecule is Cc1ccnc(-n2cnc(C(=O)C(C)C)c2)c1F. The van der Waals surface area contributed by atoms with E-state index in [2.05, 4.69) is 9.97 Å². The second-order valence-electron chi connectivity index (χ2n) is 4.45. The highest BCUT2D eigenvalue weighted by Gasteiger charge is 2.15. The van der Waals surface area contributed by atoms with Crippen molar-refractivity contribution in [3.63, 3.8) is 0 Å². The van der Waals surface area contributed by atoms with Gasteiger partial charge in [-0.05, 0) is 18.6 Å². The molecule has 0 aliphatic heterocycles. The molecule has 0 unspecified atom stereocenters. The Hall–Kier alpha value is -2.04. The summed E-state index contributed by atoms with van der Waals surface area (Å²) in [5.41, 5.74) is 0.832. The van der Waals surface area contributed by atoms with Gasteiger partial charge in [-0.25, -0.2) is 14.4 Å². The number of imidazole rings is 1. The third-order valence-corrected chi connectivity index (χ3v) is 2.67. The summed E-state index contributed by atoms with van der Waals surface area (Å²) in [4.78, 5) is 19.7. The lowest BCUT2D eigenvalue weighted by Gasteiger charge is -2.04. The van der Waals surface area contributed by atoms with Gasteiger partial charge in [0, 0.05) is 18.3 Å². The van der Waals surface area contributed by atoms with Gasteiger partial charge in [-0.3, -0.25) is 9.36 Å². The van der Waals surface area contributed by atoms with Crippen LogP contribution in [-0.4, -0.2) is 20.3 Å². The van der Waals surface area contributed by atoms with Crippen molar-refractivity contribution in [3.05, 3.63) is 41.9 Å². The van der Waals surface area contributed by atoms with Gasteiger partial charge >= 0.3 is 0 Å². The number of hydrogen-bond acceptors (Lipinski definition) is 3. The highest BCUT2D eigenvalue weighted by molar-refractivity contribution is 5.95. The maximum atomic E-state index is 13.9. The first-order chi connectivity index (χ1) is 8.50. The molecule has 2 rings (SSSR count). The fourth-order valence-electron chi connectivity index (χ4n) is 1.57. The molecule has 0 radical (unpaired) electrons. The van der Waals surface area contributed by atoms with E-state index in [0.717, 1.165) is 0 Å². The van der Waals surface area contributed by atoms with Gasteiger partial charge in [0.25, 0.3) is 0 Å². The number of carbonyl (C=O) groups is 1. The van der Waals surface area contributed by atoms with E-state index in [1.807, 2.05) is 0 Å². The van der Waals surface area contributed by atoms with Gasteiger partial charge in [0.05, 0.1) is 0 Å². The van der Waals surface area contributed by atoms with Crippen molar-refractivity contribution in [2.24, 2.45) is 5.92 Å². The molecule has 0 spiro atoms. The lowest BCUT2D eigenvalue weighted by atomic mass is 10.1. The van der Waals surface area contributed by atoms with Crippen LogP contribution in [0.15, 0.2) is 24.8 Å². The predicted octanol–water partition coefficient (Wildman–Crippen LogP) is 2.55. The molecule has 0 aliphatic rings. The van der Waals surface area contributed by atoms with Crippen LogP contribution in [0.25, 0.3) is 5.82 Å². The maximum Gasteiger partial charge on any atom is 0.185 e. The first kappa shape index (κ1) is 12.4. The van der Waals surface area contributed by atoms with Crippen molar-refractivity contribution >= 4 is 5.78 Å². The average molecular weight is 247 g/mol. The molecular weight excluding hydrogens is 233 g/mol. The molecule has 18 heavy (non-hydrogen) atoms. The highest BCUT2D eigenvalue weighted by atomic mass is 19.1. The number of carbonyl (C=O) groups excluding carboxylic acids is 1. The summed E-state index contributed by atoms with van der Waals surface area (Å²) < 4.78 is 15.3. The van der Waals surface area contributed by atoms with Gasteiger partial charge in [0.1, 0.15) is 12.0 Å². The van der Waals surface area contributed by atoms with E-state index in [9.17, 15) is 9.18 Å². The van der Waals surface area contributed by atoms with Crippen molar-refractivity contribution in [2.45, 2.75) is 20.8 Å². The molecule has 0 bridgehead atoms. The van der Waals surface area contributed by atoms with Crippen LogP contribution in [-0.2, 0) is 0 Å². The zero-order valence-electron chi connectivity index (χ0n) is 10.5. The van der Waals surface area contributed by atoms with Crippen LogP contribution in [0.3, 0.4) is 0 Å². The fourth-order valence-corrected chi connectivity index (χ4v) is 1.57. The minimum absolute atomic E-state index is 0.0678. The average Bonchev–Trinajstić information content (AvgIpc) is 2.80. The van der Waals surface area contributed by atoms with Crippen LogP contribution < -0.4 is 0 Å². The zero-order valence-corrected chi connectivity index (χ0v) is 10.5. The summed E-state index contributed by atoms with van der Waals surface area (Å²) in [6, 6.07) is 1.59. The van der Waals surface area contributed by atoms with Crippen molar-refractivity contribution < 1.29 is 9.18 Å². The van der Waals surface area contributed by atoms with E-state index in [-0.39, 0.29) is 17.5 Å². The summed E-state index contributed by atoms with van der Waals surface area (Å²) in [7, 11) is 0. The summed E-state index contributed by atoms with van der Waals surface area (Å²) >= 11 is 0. The normalized spacial score (nSPS) is 10.9. The Kier molecular flexibility index (Phi) is 3.23. The number of halogens is 1. The lowest BCUT2D eigenvalue weighted by Crippen LogP contribution is -2.07. The monoisotopic (exact) mass is 247 g/mol. The van der Waals surface area contributed by atoms with Crippen LogP contribution in [0.4, 0.5) is 4.39 Å². The summed E-state index contributed by atoms with van der Waals surface area (Å²) in [5, 5.41) is 0. The third kappa shape index (κ3) is 2.16. The number of pyridine rings is 1. The Balaban J connectivity index is 2.41. The number of nitrogens with zero attached hydrogens (tertiary/aromatic N) is 3. The second-order valence-corrected chi connectivity index (χ2v) is 4.45. The van der Waals surface area contributed by atoms with E-state index in [4.69, 9.17) is 0 Å². The minimum Gasteiger partial charge on any atom is -0.292 e. The standard InChI is InChI=1S/C13H14FN3O/c1-8(2)12(18)10-6-17(7-16-10)13-11(14)9(3)4-5-15-13/h4-8H,1-3H3. The van der Waals surface area contributed by atoms with Crippen molar-refractivity contribution in [3.8, 4) is 5.82 Å². The predicted molar refractivity (Wildman–Crippen MR) is 65.2 cm³/mol. The van der Waals surface area contributed by atoms with Crippen LogP contribution in [0.1, 0.15) is 29.9 Å². The van der Waals surface area contributed by atoms with E-state index < -0.39 is 5.82 Å². The third-order valence-electron chi connectivity index (χ3n) is 2.67. The number of hydrogen-bond donors (Lipinski definition) is 0. The van der Waals surface area contributed by atoms with Crippen LogP contribution >= 0.6 is 0 Å². The largest absolute Gasteiger partial charge is 0.292 e. The Morgan fingerprint density at radius 2 is 2.11 bits per heavy atom. The molecule has 4 nitrogen and oxygen atoms in total. The molecule has 2 aromatic rings. The molecule has 0 amide bonds. The second kappa shape index (κ2) is 4.68. The molecule has 0 fully saturated rings. The molecule has 0 atom stereocenters. The number of ketones is 1. The lowest BCUT2D eigenvalue weighted by molar-refractivity contribution is 0.0935. The minimum atomic E-state index is -0.404. The van der Waals surface area contributed by atoms with Crippen LogP contribution in [0.2, 0.25) is 0 Å². The Morgan fingerprint density at radius 1 is 1.39 bits per heavy atom. The fraction of sp³-hybridized carbons (Fsp3) is 0.308. The summed E-state index contributed by atoms with van der Waals surface area (Å²) in [6.45, 7) is 5.26. The quantitative estimate of drug-likeness (QED) is 0.783. The number of Topliss-reactive ketones (excluding diaryl/α,β-unsaturated/α-hetero) is 1. The van der Waals surface area contributed by atoms with Crippen molar-refractivity contribution in [2.75, 3.05) is 0 Å². The van der Waals surface area contributed by atoms with Crippen LogP contribution in [0, 0.1) is 18.7 Å². The first-order valence-electron chi connectivity index (χ1n) is 5.70. The smallest absolute Gasteiger partial charge is 0.185 e. The van der Waals surface area contributed by atoms with E-state index in [0.29, 0.717) is 11.3 Å². The Labute approximate surface area is 104 Å². The van der Waals surface area contributed by atoms with E-state index in [1.165, 1.54) is 23.3 Å². The summed E-state index contributed by atoms with van der Waals surface area (Å²) in [5.74, 6) is -0.450. The molecular formula is C13H14FN3O. The maximum absolute atomic E-state index is 13.9. The first-order valence-corrected chi connectivity index (χ1v) is 5.70. The number of aromatic nitrogens is 3. The highest BCUT2D eigenvalue weighted by Crippen LogP contribution is 2.15. The number of aryl methyl sites for hydroxylation is 1. The molecule has 0 saturated heterocycles. The molecule has 0 aromatic carbocycles. The van der Waals surface area contributed by atoms with Gasteiger partial charge in [-0.15, -0.1) is 0 Å². The molecule has 94 valence electrons. The van der Waals surface area contributed by atoms with Gasteiger partial charge in [0.2, 0.25) is 0 Å². The van der Waals surface area contributed by atoms with Crippen LogP contribution in [0.5, 0.6) is 0 Å². The van der Waals surface area contributed by atoms with Crippen molar-refractivity contribution in [1.29, 1.82) is 0 Å². The van der Waals surface area contributed by atoms with E-state index >= 15 is 0 Å². The van der Waals surface area contributed by atoms with Gasteiger partial charge in [-0.2, -0.15) is 0 Å². The molecule has 0 aliphatic carbocycles. The van der Waals surface area contributed by atoms with Gasteiger partial charge in [0.15, 0.2) is 17.4 Å². The molecule has 2 aromatic heterocycles. The molecule has 0 saturated carbocycles. The van der Waals surface area contributed by atoms with Gasteiger partial charge in [-0.1, -0.05) is 13.8 Å². The van der Waals surface area contributed by atoms with Gasteiger partial charge < -0.3 is 0 Å². The summed E-state index contributed by atoms with van der Waals surface area (Å²) in [6.07, 6.45) is 4.44. The molecule has 0 N–H and O–H groups in total. The number of rotatable bonds is 3. The molecule has 2 heterocycles. The van der Waals surface area contributed by atoms with E-state index in [1.54, 1.807) is 26.8 Å². The van der Waals surface area contributed by atoms with Crippen molar-refractivity contribution in [1.82, 2.24) is 14.5 Å². The topological polar surface area (TPSA) is 47.8 Å². The Morgan fingerprint density at radius 3 is 2.78 bits per heavy atom. The Bertz CT molecular complexity index is 590. The molecule has 5 heteroatoms. The zero-order chi connectivity index (χ0) is 13.3.